The average Bonchev–Trinajstić information content (AvgIpc) is 2.68. The maximum atomic E-state index is 5.63. The maximum Gasteiger partial charge on any atom is 0.0576 e. The van der Waals surface area contributed by atoms with E-state index in [0.29, 0.717) is 6.10 Å². The topological polar surface area (TPSA) is 24.5 Å². The zero-order valence-electron chi connectivity index (χ0n) is 12.1. The van der Waals surface area contributed by atoms with Crippen LogP contribution < -0.4 is 5.32 Å². The summed E-state index contributed by atoms with van der Waals surface area (Å²) >= 11 is 0. The van der Waals surface area contributed by atoms with E-state index in [-0.39, 0.29) is 5.54 Å². The lowest BCUT2D eigenvalue weighted by Crippen LogP contribution is -2.40. The molecule has 1 heterocycles. The van der Waals surface area contributed by atoms with E-state index in [2.05, 4.69) is 38.0 Å². The highest BCUT2D eigenvalue weighted by molar-refractivity contribution is 4.71. The van der Waals surface area contributed by atoms with E-state index in [1.54, 1.807) is 0 Å². The highest BCUT2D eigenvalue weighted by Gasteiger charge is 2.15. The minimum Gasteiger partial charge on any atom is -0.378 e. The standard InChI is InChI=1S/C14H30N2O/c1-14(2,3)15-9-11-16(4)10-5-7-13-8-6-12-17-13/h13,15H,5-12H2,1-4H3. The quantitative estimate of drug-likeness (QED) is 0.741. The van der Waals surface area contributed by atoms with Gasteiger partial charge in [0.1, 0.15) is 0 Å². The van der Waals surface area contributed by atoms with Crippen molar-refractivity contribution in [2.75, 3.05) is 33.3 Å². The first-order valence-corrected chi connectivity index (χ1v) is 7.02. The molecule has 3 heteroatoms. The van der Waals surface area contributed by atoms with Crippen molar-refractivity contribution in [1.29, 1.82) is 0 Å². The Kier molecular flexibility index (Phi) is 6.45. The predicted molar refractivity (Wildman–Crippen MR) is 73.5 cm³/mol. The van der Waals surface area contributed by atoms with Gasteiger partial charge in [0.15, 0.2) is 0 Å². The molecular weight excluding hydrogens is 212 g/mol. The number of nitrogens with one attached hydrogen (secondary N) is 1. The summed E-state index contributed by atoms with van der Waals surface area (Å²) in [5.74, 6) is 0. The first-order valence-electron chi connectivity index (χ1n) is 7.02. The second-order valence-corrected chi connectivity index (χ2v) is 6.26. The van der Waals surface area contributed by atoms with Gasteiger partial charge in [0, 0.05) is 25.2 Å². The number of likely N-dealkylation sites (N-methyl/N-ethyl adjacent to an activating group) is 1. The second kappa shape index (κ2) is 7.34. The van der Waals surface area contributed by atoms with Gasteiger partial charge >= 0.3 is 0 Å². The molecular formula is C14H30N2O. The Morgan fingerprint density at radius 1 is 1.29 bits per heavy atom. The van der Waals surface area contributed by atoms with E-state index in [1.807, 2.05) is 0 Å². The third-order valence-corrected chi connectivity index (χ3v) is 3.24. The van der Waals surface area contributed by atoms with Gasteiger partial charge < -0.3 is 15.0 Å². The van der Waals surface area contributed by atoms with Crippen molar-refractivity contribution < 1.29 is 4.74 Å². The van der Waals surface area contributed by atoms with Crippen LogP contribution in [-0.4, -0.2) is 49.8 Å². The lowest BCUT2D eigenvalue weighted by atomic mass is 10.1. The van der Waals surface area contributed by atoms with Crippen LogP contribution in [0.4, 0.5) is 0 Å². The van der Waals surface area contributed by atoms with Crippen molar-refractivity contribution in [3.63, 3.8) is 0 Å². The lowest BCUT2D eigenvalue weighted by Gasteiger charge is -2.23. The summed E-state index contributed by atoms with van der Waals surface area (Å²) in [4.78, 5) is 2.41. The number of nitrogens with zero attached hydrogens (tertiary/aromatic N) is 1. The molecule has 17 heavy (non-hydrogen) atoms. The van der Waals surface area contributed by atoms with Crippen LogP contribution in [0, 0.1) is 0 Å². The summed E-state index contributed by atoms with van der Waals surface area (Å²) in [7, 11) is 2.21. The third kappa shape index (κ3) is 7.74. The zero-order valence-corrected chi connectivity index (χ0v) is 12.1. The van der Waals surface area contributed by atoms with Gasteiger partial charge in [-0.2, -0.15) is 0 Å². The molecule has 0 aliphatic carbocycles. The molecule has 1 fully saturated rings. The molecule has 0 amide bonds. The smallest absolute Gasteiger partial charge is 0.0576 e. The maximum absolute atomic E-state index is 5.63. The Bertz CT molecular complexity index is 195. The molecule has 0 aromatic rings. The molecule has 0 aromatic carbocycles. The van der Waals surface area contributed by atoms with E-state index in [4.69, 9.17) is 4.74 Å². The minimum atomic E-state index is 0.235. The van der Waals surface area contributed by atoms with Crippen molar-refractivity contribution in [2.45, 2.75) is 58.1 Å². The molecule has 102 valence electrons. The van der Waals surface area contributed by atoms with Gasteiger partial charge in [-0.05, 0) is 60.0 Å². The molecule has 1 aliphatic rings. The van der Waals surface area contributed by atoms with Crippen LogP contribution in [0.25, 0.3) is 0 Å². The van der Waals surface area contributed by atoms with Crippen LogP contribution >= 0.6 is 0 Å². The fraction of sp³-hybridized carbons (Fsp3) is 1.00. The molecule has 1 N–H and O–H groups in total. The van der Waals surface area contributed by atoms with Crippen LogP contribution in [-0.2, 0) is 4.74 Å². The van der Waals surface area contributed by atoms with Crippen molar-refractivity contribution in [2.24, 2.45) is 0 Å². The highest BCUT2D eigenvalue weighted by atomic mass is 16.5. The fourth-order valence-electron chi connectivity index (χ4n) is 2.19. The molecule has 0 radical (unpaired) electrons. The summed E-state index contributed by atoms with van der Waals surface area (Å²) in [5.41, 5.74) is 0.235. The number of hydrogen-bond acceptors (Lipinski definition) is 3. The monoisotopic (exact) mass is 242 g/mol. The van der Waals surface area contributed by atoms with E-state index < -0.39 is 0 Å². The van der Waals surface area contributed by atoms with Gasteiger partial charge in [-0.15, -0.1) is 0 Å². The second-order valence-electron chi connectivity index (χ2n) is 6.26. The molecule has 0 aromatic heterocycles. The summed E-state index contributed by atoms with van der Waals surface area (Å²) in [6, 6.07) is 0. The van der Waals surface area contributed by atoms with Gasteiger partial charge in [-0.3, -0.25) is 0 Å². The molecule has 1 saturated heterocycles. The minimum absolute atomic E-state index is 0.235. The first-order chi connectivity index (χ1) is 7.97. The summed E-state index contributed by atoms with van der Waals surface area (Å²) < 4.78 is 5.63. The van der Waals surface area contributed by atoms with Gasteiger partial charge in [0.05, 0.1) is 6.10 Å². The molecule has 1 aliphatic heterocycles. The summed E-state index contributed by atoms with van der Waals surface area (Å²) in [5, 5.41) is 3.52. The van der Waals surface area contributed by atoms with Gasteiger partial charge in [-0.25, -0.2) is 0 Å². The Morgan fingerprint density at radius 3 is 2.65 bits per heavy atom. The SMILES string of the molecule is CN(CCCC1CCCO1)CCNC(C)(C)C. The molecule has 3 nitrogen and oxygen atoms in total. The predicted octanol–water partition coefficient (Wildman–Crippen LogP) is 2.27. The van der Waals surface area contributed by atoms with E-state index in [0.717, 1.165) is 19.7 Å². The zero-order chi connectivity index (χ0) is 12.7. The Hall–Kier alpha value is -0.120. The van der Waals surface area contributed by atoms with Gasteiger partial charge in [-0.1, -0.05) is 0 Å². The lowest BCUT2D eigenvalue weighted by molar-refractivity contribution is 0.0997. The molecule has 0 spiro atoms. The Balaban J connectivity index is 1.95. The Labute approximate surface area is 107 Å². The fourth-order valence-corrected chi connectivity index (χ4v) is 2.19. The first kappa shape index (κ1) is 14.9. The largest absolute Gasteiger partial charge is 0.378 e. The average molecular weight is 242 g/mol. The normalized spacial score (nSPS) is 21.4. The van der Waals surface area contributed by atoms with E-state index in [1.165, 1.54) is 32.2 Å². The summed E-state index contributed by atoms with van der Waals surface area (Å²) in [6.07, 6.45) is 5.58. The van der Waals surface area contributed by atoms with Crippen LogP contribution in [0.3, 0.4) is 0 Å². The van der Waals surface area contributed by atoms with Crippen LogP contribution in [0.5, 0.6) is 0 Å². The third-order valence-electron chi connectivity index (χ3n) is 3.24. The van der Waals surface area contributed by atoms with Crippen LogP contribution in [0.2, 0.25) is 0 Å². The van der Waals surface area contributed by atoms with Crippen LogP contribution in [0.15, 0.2) is 0 Å². The Morgan fingerprint density at radius 2 is 2.06 bits per heavy atom. The van der Waals surface area contributed by atoms with Crippen LogP contribution in [0.1, 0.15) is 46.5 Å². The highest BCUT2D eigenvalue weighted by Crippen LogP contribution is 2.16. The number of ether oxygens (including phenoxy) is 1. The number of rotatable bonds is 7. The van der Waals surface area contributed by atoms with Crippen molar-refractivity contribution in [3.05, 3.63) is 0 Å². The van der Waals surface area contributed by atoms with Crippen molar-refractivity contribution in [1.82, 2.24) is 10.2 Å². The van der Waals surface area contributed by atoms with Gasteiger partial charge in [0.2, 0.25) is 0 Å². The summed E-state index contributed by atoms with van der Waals surface area (Å²) in [6.45, 7) is 11.0. The van der Waals surface area contributed by atoms with Crippen molar-refractivity contribution >= 4 is 0 Å². The molecule has 0 bridgehead atoms. The van der Waals surface area contributed by atoms with E-state index >= 15 is 0 Å². The van der Waals surface area contributed by atoms with E-state index in [9.17, 15) is 0 Å². The molecule has 1 atom stereocenters. The van der Waals surface area contributed by atoms with Gasteiger partial charge in [0.25, 0.3) is 0 Å². The molecule has 1 unspecified atom stereocenters. The molecule has 0 saturated carbocycles. The van der Waals surface area contributed by atoms with Crippen molar-refractivity contribution in [3.8, 4) is 0 Å². The molecule has 1 rings (SSSR count). The number of hydrogen-bond donors (Lipinski definition) is 1.